The summed E-state index contributed by atoms with van der Waals surface area (Å²) in [6.45, 7) is 1.98. The van der Waals surface area contributed by atoms with Gasteiger partial charge in [-0.2, -0.15) is 0 Å². The average molecular weight is 351 g/mol. The van der Waals surface area contributed by atoms with E-state index in [1.165, 1.54) is 0 Å². The van der Waals surface area contributed by atoms with Crippen LogP contribution in [0.25, 0.3) is 22.5 Å². The molecule has 2 aromatic carbocycles. The number of aryl methyl sites for hydroxylation is 1. The minimum Gasteiger partial charge on any atom is -0.383 e. The van der Waals surface area contributed by atoms with Crippen molar-refractivity contribution >= 4 is 23.5 Å². The lowest BCUT2D eigenvalue weighted by atomic mass is 10.0. The molecule has 0 unspecified atom stereocenters. The highest BCUT2D eigenvalue weighted by molar-refractivity contribution is 6.30. The number of esters is 2. The topological polar surface area (TPSA) is 69.2 Å². The molecule has 0 fully saturated rings. The molecule has 0 aliphatic carbocycles. The molecule has 1 aromatic heterocycles. The van der Waals surface area contributed by atoms with Gasteiger partial charge in [-0.3, -0.25) is 0 Å². The Morgan fingerprint density at radius 2 is 1.16 bits per heavy atom. The zero-order valence-corrected chi connectivity index (χ0v) is 13.9. The van der Waals surface area contributed by atoms with Crippen molar-refractivity contribution in [1.82, 2.24) is 9.97 Å². The van der Waals surface area contributed by atoms with E-state index in [1.807, 2.05) is 31.2 Å². The number of hydrogen-bond donors (Lipinski definition) is 0. The van der Waals surface area contributed by atoms with Gasteiger partial charge in [-0.15, -0.1) is 0 Å². The number of aromatic nitrogens is 2. The first-order valence-corrected chi connectivity index (χ1v) is 7.92. The van der Waals surface area contributed by atoms with Gasteiger partial charge in [-0.1, -0.05) is 53.6 Å². The fraction of sp³-hybridized carbons (Fsp3) is 0.0526. The van der Waals surface area contributed by atoms with E-state index in [1.54, 1.807) is 24.3 Å². The number of hydrogen-bond acceptors (Lipinski definition) is 5. The molecule has 25 heavy (non-hydrogen) atoms. The van der Waals surface area contributed by atoms with Gasteiger partial charge in [0.25, 0.3) is 0 Å². The van der Waals surface area contributed by atoms with E-state index in [4.69, 9.17) is 11.6 Å². The molecule has 0 bridgehead atoms. The van der Waals surface area contributed by atoms with Gasteiger partial charge in [0.15, 0.2) is 11.4 Å². The maximum Gasteiger partial charge on any atom is 0.367 e. The molecule has 0 N–H and O–H groups in total. The number of carbonyl (C=O) groups excluding carboxylic acids is 2. The number of nitrogens with zero attached hydrogens (tertiary/aromatic N) is 2. The molecule has 122 valence electrons. The Hall–Kier alpha value is -3.05. The monoisotopic (exact) mass is 350 g/mol. The summed E-state index contributed by atoms with van der Waals surface area (Å²) in [6.07, 6.45) is 0. The Morgan fingerprint density at radius 1 is 0.720 bits per heavy atom. The molecule has 5 nitrogen and oxygen atoms in total. The number of rotatable bonds is 2. The smallest absolute Gasteiger partial charge is 0.367 e. The summed E-state index contributed by atoms with van der Waals surface area (Å²) in [6, 6.07) is 14.7. The van der Waals surface area contributed by atoms with Crippen molar-refractivity contribution in [3.63, 3.8) is 0 Å². The Morgan fingerprint density at radius 3 is 1.64 bits per heavy atom. The summed E-state index contributed by atoms with van der Waals surface area (Å²) < 4.78 is 4.63. The van der Waals surface area contributed by atoms with Crippen LogP contribution in [0.2, 0.25) is 5.02 Å². The van der Waals surface area contributed by atoms with Crippen LogP contribution in [-0.2, 0) is 4.74 Å². The summed E-state index contributed by atoms with van der Waals surface area (Å²) in [5.74, 6) is -1.55. The minimum absolute atomic E-state index is 0.0571. The number of fused-ring (bicyclic) bond motifs is 1. The molecule has 0 amide bonds. The molecule has 1 aliphatic heterocycles. The van der Waals surface area contributed by atoms with Gasteiger partial charge in [0.2, 0.25) is 0 Å². The van der Waals surface area contributed by atoms with Crippen LogP contribution < -0.4 is 0 Å². The highest BCUT2D eigenvalue weighted by Gasteiger charge is 2.35. The SMILES string of the molecule is Cc1ccc(-c2nc3c(nc2-c2ccc(Cl)cc2)C(=O)OC3=O)cc1. The van der Waals surface area contributed by atoms with Crippen LogP contribution in [0.4, 0.5) is 0 Å². The summed E-state index contributed by atoms with van der Waals surface area (Å²) >= 11 is 5.95. The van der Waals surface area contributed by atoms with Crippen molar-refractivity contribution in [2.24, 2.45) is 0 Å². The molecule has 0 saturated carbocycles. The van der Waals surface area contributed by atoms with Crippen LogP contribution in [0.5, 0.6) is 0 Å². The highest BCUT2D eigenvalue weighted by atomic mass is 35.5. The first-order valence-electron chi connectivity index (χ1n) is 7.54. The van der Waals surface area contributed by atoms with Crippen molar-refractivity contribution in [3.05, 3.63) is 70.5 Å². The number of carbonyl (C=O) groups is 2. The normalized spacial score (nSPS) is 12.9. The standard InChI is InChI=1S/C19H11ClN2O3/c1-10-2-4-11(5-3-10)14-15(12-6-8-13(20)9-7-12)22-17-16(21-14)18(23)25-19(17)24/h2-9H,1H3. The lowest BCUT2D eigenvalue weighted by Crippen LogP contribution is -2.04. The average Bonchev–Trinajstić information content (AvgIpc) is 2.89. The van der Waals surface area contributed by atoms with Crippen molar-refractivity contribution < 1.29 is 14.3 Å². The van der Waals surface area contributed by atoms with Crippen LogP contribution >= 0.6 is 11.6 Å². The highest BCUT2D eigenvalue weighted by Crippen LogP contribution is 2.32. The van der Waals surface area contributed by atoms with Crippen LogP contribution in [0.3, 0.4) is 0 Å². The maximum absolute atomic E-state index is 11.8. The van der Waals surface area contributed by atoms with Crippen LogP contribution in [0.1, 0.15) is 26.5 Å². The van der Waals surface area contributed by atoms with E-state index in [9.17, 15) is 9.59 Å². The lowest BCUT2D eigenvalue weighted by molar-refractivity contribution is 0.0439. The summed E-state index contributed by atoms with van der Waals surface area (Å²) in [4.78, 5) is 32.5. The van der Waals surface area contributed by atoms with Gasteiger partial charge in [0.1, 0.15) is 0 Å². The van der Waals surface area contributed by atoms with Crippen molar-refractivity contribution in [2.45, 2.75) is 6.92 Å². The Kier molecular flexibility index (Phi) is 3.58. The first-order chi connectivity index (χ1) is 12.0. The Bertz CT molecular complexity index is 930. The molecule has 2 heterocycles. The summed E-state index contributed by atoms with van der Waals surface area (Å²) in [7, 11) is 0. The third-order valence-corrected chi connectivity index (χ3v) is 4.16. The van der Waals surface area contributed by atoms with Crippen molar-refractivity contribution in [1.29, 1.82) is 0 Å². The van der Waals surface area contributed by atoms with Crippen LogP contribution in [-0.4, -0.2) is 21.9 Å². The van der Waals surface area contributed by atoms with Gasteiger partial charge in [-0.25, -0.2) is 19.6 Å². The van der Waals surface area contributed by atoms with Crippen LogP contribution in [0, 0.1) is 6.92 Å². The predicted octanol–water partition coefficient (Wildman–Crippen LogP) is 4.08. The predicted molar refractivity (Wildman–Crippen MR) is 92.4 cm³/mol. The van der Waals surface area contributed by atoms with E-state index in [2.05, 4.69) is 14.7 Å². The van der Waals surface area contributed by atoms with Crippen molar-refractivity contribution in [2.75, 3.05) is 0 Å². The molecule has 6 heteroatoms. The van der Waals surface area contributed by atoms with Gasteiger partial charge in [0.05, 0.1) is 11.4 Å². The number of halogens is 1. The lowest BCUT2D eigenvalue weighted by Gasteiger charge is -2.10. The number of benzene rings is 2. The molecule has 3 aromatic rings. The second-order valence-corrected chi connectivity index (χ2v) is 6.10. The zero-order valence-electron chi connectivity index (χ0n) is 13.1. The van der Waals surface area contributed by atoms with Crippen LogP contribution in [0.15, 0.2) is 48.5 Å². The Balaban J connectivity index is 1.99. The molecule has 0 spiro atoms. The fourth-order valence-electron chi connectivity index (χ4n) is 2.62. The molecular weight excluding hydrogens is 340 g/mol. The molecule has 0 saturated heterocycles. The number of cyclic esters (lactones) is 2. The van der Waals surface area contributed by atoms with Crippen molar-refractivity contribution in [3.8, 4) is 22.5 Å². The van der Waals surface area contributed by atoms with E-state index in [0.717, 1.165) is 16.7 Å². The Labute approximate surface area is 148 Å². The van der Waals surface area contributed by atoms with Gasteiger partial charge >= 0.3 is 11.9 Å². The fourth-order valence-corrected chi connectivity index (χ4v) is 2.75. The third kappa shape index (κ3) is 2.68. The van der Waals surface area contributed by atoms with Gasteiger partial charge < -0.3 is 4.74 Å². The summed E-state index contributed by atoms with van der Waals surface area (Å²) in [5.41, 5.74) is 3.50. The van der Waals surface area contributed by atoms with E-state index in [0.29, 0.717) is 16.4 Å². The molecule has 1 aliphatic rings. The second kappa shape index (κ2) is 5.79. The number of ether oxygens (including phenoxy) is 1. The second-order valence-electron chi connectivity index (χ2n) is 5.67. The van der Waals surface area contributed by atoms with Gasteiger partial charge in [0, 0.05) is 16.1 Å². The molecule has 0 radical (unpaired) electrons. The van der Waals surface area contributed by atoms with Gasteiger partial charge in [-0.05, 0) is 19.1 Å². The molecular formula is C19H11ClN2O3. The van der Waals surface area contributed by atoms with E-state index < -0.39 is 11.9 Å². The van der Waals surface area contributed by atoms with E-state index >= 15 is 0 Å². The zero-order chi connectivity index (χ0) is 17.6. The summed E-state index contributed by atoms with van der Waals surface area (Å²) in [5, 5.41) is 0.587. The first kappa shape index (κ1) is 15.5. The third-order valence-electron chi connectivity index (χ3n) is 3.91. The molecule has 4 rings (SSSR count). The minimum atomic E-state index is -0.779. The quantitative estimate of drug-likeness (QED) is 0.514. The molecule has 0 atom stereocenters. The maximum atomic E-state index is 11.8. The van der Waals surface area contributed by atoms with E-state index in [-0.39, 0.29) is 11.4 Å². The largest absolute Gasteiger partial charge is 0.383 e.